The number of nitrogens with one attached hydrogen (secondary N) is 2. The van der Waals surface area contributed by atoms with Crippen molar-refractivity contribution in [3.05, 3.63) is 68.7 Å². The van der Waals surface area contributed by atoms with Gasteiger partial charge < -0.3 is 15.4 Å². The number of hydrogen-bond donors (Lipinski definition) is 2. The van der Waals surface area contributed by atoms with Crippen molar-refractivity contribution in [3.8, 4) is 0 Å². The van der Waals surface area contributed by atoms with E-state index in [0.29, 0.717) is 5.56 Å². The quantitative estimate of drug-likeness (QED) is 0.349. The zero-order valence-corrected chi connectivity index (χ0v) is 18.8. The van der Waals surface area contributed by atoms with Gasteiger partial charge in [-0.1, -0.05) is 43.1 Å². The summed E-state index contributed by atoms with van der Waals surface area (Å²) < 4.78 is 5.25. The fraction of sp³-hybridized carbons (Fsp3) is 0.318. The number of nitro benzene ring substituents is 1. The van der Waals surface area contributed by atoms with Crippen molar-refractivity contribution in [3.63, 3.8) is 0 Å². The zero-order valence-electron chi connectivity index (χ0n) is 18.0. The molecule has 0 radical (unpaired) electrons. The first-order valence-corrected chi connectivity index (χ1v) is 10.2. The van der Waals surface area contributed by atoms with Crippen LogP contribution in [0.25, 0.3) is 0 Å². The van der Waals surface area contributed by atoms with E-state index in [0.717, 1.165) is 11.6 Å². The molecule has 10 heteroatoms. The van der Waals surface area contributed by atoms with Gasteiger partial charge in [-0.2, -0.15) is 0 Å². The molecule has 2 aromatic rings. The number of amides is 2. The third-order valence-corrected chi connectivity index (χ3v) is 4.88. The summed E-state index contributed by atoms with van der Waals surface area (Å²) in [4.78, 5) is 47.8. The molecule has 0 saturated carbocycles. The Kier molecular flexibility index (Phi) is 8.31. The first kappa shape index (κ1) is 24.8. The molecule has 0 spiro atoms. The number of nitro groups is 1. The van der Waals surface area contributed by atoms with Crippen molar-refractivity contribution in [2.45, 2.75) is 39.8 Å². The second-order valence-corrected chi connectivity index (χ2v) is 7.96. The summed E-state index contributed by atoms with van der Waals surface area (Å²) in [6.45, 7) is 6.70. The number of carbonyl (C=O) groups excluding carboxylic acids is 3. The monoisotopic (exact) mass is 461 g/mol. The molecule has 2 N–H and O–H groups in total. The van der Waals surface area contributed by atoms with Crippen LogP contribution in [0.5, 0.6) is 0 Å². The van der Waals surface area contributed by atoms with Crippen LogP contribution >= 0.6 is 11.6 Å². The SMILES string of the molecule is Cc1cccc(C(=O)N[C@H](C(=O)OC(C)C(=O)Nc2ccc([N+](=O)[O-])cc2Cl)C(C)C)c1. The molecule has 0 saturated heterocycles. The molecule has 1 unspecified atom stereocenters. The van der Waals surface area contributed by atoms with Crippen LogP contribution in [0.1, 0.15) is 36.7 Å². The van der Waals surface area contributed by atoms with Gasteiger partial charge in [0, 0.05) is 17.7 Å². The molecule has 2 aromatic carbocycles. The Morgan fingerprint density at radius 1 is 1.09 bits per heavy atom. The van der Waals surface area contributed by atoms with Gasteiger partial charge in [-0.05, 0) is 38.0 Å². The molecule has 32 heavy (non-hydrogen) atoms. The summed E-state index contributed by atoms with van der Waals surface area (Å²) in [6.07, 6.45) is -1.20. The van der Waals surface area contributed by atoms with Gasteiger partial charge in [0.05, 0.1) is 15.6 Å². The zero-order chi connectivity index (χ0) is 24.0. The Morgan fingerprint density at radius 3 is 2.34 bits per heavy atom. The molecule has 0 fully saturated rings. The minimum absolute atomic E-state index is 0.0310. The maximum atomic E-state index is 12.7. The number of halogens is 1. The predicted octanol–water partition coefficient (Wildman–Crippen LogP) is 3.88. The lowest BCUT2D eigenvalue weighted by atomic mass is 10.0. The van der Waals surface area contributed by atoms with E-state index in [-0.39, 0.29) is 22.3 Å². The smallest absolute Gasteiger partial charge is 0.329 e. The van der Waals surface area contributed by atoms with Crippen LogP contribution in [0, 0.1) is 23.0 Å². The average molecular weight is 462 g/mol. The molecule has 2 amide bonds. The van der Waals surface area contributed by atoms with Gasteiger partial charge in [-0.25, -0.2) is 4.79 Å². The van der Waals surface area contributed by atoms with Gasteiger partial charge in [0.15, 0.2) is 6.10 Å². The Bertz CT molecular complexity index is 1040. The van der Waals surface area contributed by atoms with E-state index in [9.17, 15) is 24.5 Å². The van der Waals surface area contributed by atoms with E-state index in [2.05, 4.69) is 10.6 Å². The van der Waals surface area contributed by atoms with Crippen molar-refractivity contribution in [2.75, 3.05) is 5.32 Å². The third kappa shape index (κ3) is 6.52. The maximum Gasteiger partial charge on any atom is 0.329 e. The molecule has 0 aliphatic heterocycles. The fourth-order valence-corrected chi connectivity index (χ4v) is 2.99. The van der Waals surface area contributed by atoms with Gasteiger partial charge in [0.25, 0.3) is 17.5 Å². The average Bonchev–Trinajstić information content (AvgIpc) is 2.72. The van der Waals surface area contributed by atoms with Crippen LogP contribution < -0.4 is 10.6 Å². The summed E-state index contributed by atoms with van der Waals surface area (Å²) in [7, 11) is 0. The van der Waals surface area contributed by atoms with Crippen LogP contribution in [-0.2, 0) is 14.3 Å². The third-order valence-electron chi connectivity index (χ3n) is 4.57. The number of benzene rings is 2. The van der Waals surface area contributed by atoms with Crippen molar-refractivity contribution >= 4 is 40.8 Å². The van der Waals surface area contributed by atoms with Crippen LogP contribution in [0.2, 0.25) is 5.02 Å². The topological polar surface area (TPSA) is 128 Å². The number of aryl methyl sites for hydroxylation is 1. The molecule has 2 atom stereocenters. The van der Waals surface area contributed by atoms with Gasteiger partial charge in [-0.3, -0.25) is 19.7 Å². The summed E-state index contributed by atoms with van der Waals surface area (Å²) in [5.74, 6) is -2.17. The van der Waals surface area contributed by atoms with Gasteiger partial charge in [0.1, 0.15) is 6.04 Å². The van der Waals surface area contributed by atoms with E-state index in [1.54, 1.807) is 32.0 Å². The van der Waals surface area contributed by atoms with Crippen LogP contribution in [0.4, 0.5) is 11.4 Å². The molecule has 0 aromatic heterocycles. The Labute approximate surface area is 190 Å². The van der Waals surface area contributed by atoms with E-state index in [4.69, 9.17) is 16.3 Å². The number of hydrogen-bond acceptors (Lipinski definition) is 6. The Balaban J connectivity index is 2.03. The number of anilines is 1. The van der Waals surface area contributed by atoms with Gasteiger partial charge in [0.2, 0.25) is 0 Å². The predicted molar refractivity (Wildman–Crippen MR) is 120 cm³/mol. The summed E-state index contributed by atoms with van der Waals surface area (Å²) in [5.41, 5.74) is 1.22. The number of esters is 1. The number of nitrogens with zero attached hydrogens (tertiary/aromatic N) is 1. The first-order chi connectivity index (χ1) is 15.0. The number of carbonyl (C=O) groups is 3. The highest BCUT2D eigenvalue weighted by molar-refractivity contribution is 6.34. The number of non-ortho nitro benzene ring substituents is 1. The highest BCUT2D eigenvalue weighted by Crippen LogP contribution is 2.26. The standard InChI is InChI=1S/C22H24ClN3O6/c1-12(2)19(25-21(28)15-7-5-6-13(3)10-15)22(29)32-14(4)20(27)24-18-9-8-16(26(30)31)11-17(18)23/h5-12,14,19H,1-4H3,(H,24,27)(H,25,28)/t14?,19-/m0/s1. The Morgan fingerprint density at radius 2 is 1.78 bits per heavy atom. The van der Waals surface area contributed by atoms with Crippen LogP contribution in [-0.4, -0.2) is 34.9 Å². The summed E-state index contributed by atoms with van der Waals surface area (Å²) >= 11 is 5.97. The van der Waals surface area contributed by atoms with Crippen molar-refractivity contribution in [1.29, 1.82) is 0 Å². The van der Waals surface area contributed by atoms with Crippen molar-refractivity contribution in [1.82, 2.24) is 5.32 Å². The molecule has 0 aliphatic rings. The van der Waals surface area contributed by atoms with Crippen molar-refractivity contribution < 1.29 is 24.0 Å². The highest BCUT2D eigenvalue weighted by atomic mass is 35.5. The van der Waals surface area contributed by atoms with E-state index in [1.807, 2.05) is 13.0 Å². The molecular formula is C22H24ClN3O6. The van der Waals surface area contributed by atoms with E-state index < -0.39 is 34.9 Å². The highest BCUT2D eigenvalue weighted by Gasteiger charge is 2.29. The molecule has 0 bridgehead atoms. The molecule has 2 rings (SSSR count). The molecule has 0 heterocycles. The summed E-state index contributed by atoms with van der Waals surface area (Å²) in [5, 5.41) is 15.9. The molecule has 9 nitrogen and oxygen atoms in total. The minimum atomic E-state index is -1.20. The fourth-order valence-electron chi connectivity index (χ4n) is 2.76. The lowest BCUT2D eigenvalue weighted by molar-refractivity contribution is -0.384. The lowest BCUT2D eigenvalue weighted by Crippen LogP contribution is -2.47. The number of rotatable bonds is 8. The van der Waals surface area contributed by atoms with E-state index >= 15 is 0 Å². The molecular weight excluding hydrogens is 438 g/mol. The second kappa shape index (κ2) is 10.7. The van der Waals surface area contributed by atoms with Gasteiger partial charge in [-0.15, -0.1) is 0 Å². The Hall–Kier alpha value is -3.46. The largest absolute Gasteiger partial charge is 0.451 e. The number of ether oxygens (including phenoxy) is 1. The van der Waals surface area contributed by atoms with E-state index in [1.165, 1.54) is 19.1 Å². The lowest BCUT2D eigenvalue weighted by Gasteiger charge is -2.23. The van der Waals surface area contributed by atoms with Gasteiger partial charge >= 0.3 is 5.97 Å². The van der Waals surface area contributed by atoms with Crippen LogP contribution in [0.3, 0.4) is 0 Å². The minimum Gasteiger partial charge on any atom is -0.451 e. The first-order valence-electron chi connectivity index (χ1n) is 9.82. The summed E-state index contributed by atoms with van der Waals surface area (Å²) in [6, 6.07) is 9.52. The second-order valence-electron chi connectivity index (χ2n) is 7.55. The van der Waals surface area contributed by atoms with Crippen molar-refractivity contribution in [2.24, 2.45) is 5.92 Å². The molecule has 170 valence electrons. The molecule has 0 aliphatic carbocycles. The van der Waals surface area contributed by atoms with Crippen LogP contribution in [0.15, 0.2) is 42.5 Å². The maximum absolute atomic E-state index is 12.7. The normalized spacial score (nSPS) is 12.6.